The van der Waals surface area contributed by atoms with Crippen molar-refractivity contribution in [1.29, 1.82) is 0 Å². The van der Waals surface area contributed by atoms with Gasteiger partial charge in [0.15, 0.2) is 0 Å². The fourth-order valence-corrected chi connectivity index (χ4v) is 0.394. The van der Waals surface area contributed by atoms with Crippen LogP contribution in [0.4, 0.5) is 0 Å². The Morgan fingerprint density at radius 1 is 1.62 bits per heavy atom. The van der Waals surface area contributed by atoms with E-state index in [0.717, 1.165) is 5.69 Å². The second-order valence-corrected chi connectivity index (χ2v) is 1.40. The van der Waals surface area contributed by atoms with Gasteiger partial charge in [0.2, 0.25) is 0 Å². The summed E-state index contributed by atoms with van der Waals surface area (Å²) in [7, 11) is 0. The first-order chi connectivity index (χ1) is 3.39. The van der Waals surface area contributed by atoms with Crippen molar-refractivity contribution in [3.05, 3.63) is 30.1 Å². The Labute approximate surface area is 62.8 Å². The molecule has 0 unspecified atom stereocenters. The molecule has 1 nitrogen and oxygen atoms in total. The topological polar surface area (TPSA) is 12.9 Å². The van der Waals surface area contributed by atoms with Crippen LogP contribution in [-0.2, 0) is 20.4 Å². The molecule has 0 bridgehead atoms. The summed E-state index contributed by atoms with van der Waals surface area (Å²) in [5, 5.41) is 0. The Hall–Kier alpha value is -0.188. The summed E-state index contributed by atoms with van der Waals surface area (Å²) in [6.07, 6.45) is 1.66. The van der Waals surface area contributed by atoms with Gasteiger partial charge in [-0.3, -0.25) is 0 Å². The Kier molecular flexibility index (Phi) is 3.68. The van der Waals surface area contributed by atoms with E-state index in [-0.39, 0.29) is 20.4 Å². The number of nitrogens with zero attached hydrogens (tertiary/aromatic N) is 1. The molecule has 0 aliphatic rings. The monoisotopic (exact) mass is 279 g/mol. The molecule has 2 heteroatoms. The van der Waals surface area contributed by atoms with E-state index in [1.807, 2.05) is 19.1 Å². The third-order valence-electron chi connectivity index (χ3n) is 0.763. The first kappa shape index (κ1) is 7.81. The molecule has 0 N–H and O–H groups in total. The summed E-state index contributed by atoms with van der Waals surface area (Å²) in [4.78, 5) is 3.92. The van der Waals surface area contributed by atoms with Crippen LogP contribution in [0.1, 0.15) is 5.69 Å². The van der Waals surface area contributed by atoms with E-state index < -0.39 is 0 Å². The van der Waals surface area contributed by atoms with E-state index in [0.29, 0.717) is 0 Å². The second kappa shape index (κ2) is 3.77. The number of pyridine rings is 1. The van der Waals surface area contributed by atoms with E-state index in [9.17, 15) is 0 Å². The SMILES string of the molecule is Cc1cc[c-]cn1.[Re]. The van der Waals surface area contributed by atoms with E-state index in [1.165, 1.54) is 0 Å². The van der Waals surface area contributed by atoms with Gasteiger partial charge in [0, 0.05) is 20.4 Å². The molecule has 0 atom stereocenters. The fourth-order valence-electron chi connectivity index (χ4n) is 0.394. The molecular weight excluding hydrogens is 272 g/mol. The van der Waals surface area contributed by atoms with Gasteiger partial charge in [-0.05, 0) is 12.6 Å². The van der Waals surface area contributed by atoms with E-state index in [2.05, 4.69) is 11.1 Å². The van der Waals surface area contributed by atoms with Gasteiger partial charge in [0.1, 0.15) is 0 Å². The summed E-state index contributed by atoms with van der Waals surface area (Å²) in [5.41, 5.74) is 1.04. The number of rotatable bonds is 0. The van der Waals surface area contributed by atoms with Gasteiger partial charge in [0.25, 0.3) is 0 Å². The van der Waals surface area contributed by atoms with Crippen LogP contribution < -0.4 is 0 Å². The zero-order valence-electron chi connectivity index (χ0n) is 4.56. The smallest absolute Gasteiger partial charge is 0 e. The van der Waals surface area contributed by atoms with Crippen LogP contribution in [-0.4, -0.2) is 4.98 Å². The average molecular weight is 278 g/mol. The summed E-state index contributed by atoms with van der Waals surface area (Å²) < 4.78 is 0. The summed E-state index contributed by atoms with van der Waals surface area (Å²) in [6, 6.07) is 6.59. The van der Waals surface area contributed by atoms with Crippen LogP contribution >= 0.6 is 0 Å². The standard InChI is InChI=1S/C6H6N.Re/c1-6-4-2-3-5-7-6;/h2,4-5H,1H3;/q-1;. The summed E-state index contributed by atoms with van der Waals surface area (Å²) >= 11 is 0. The molecule has 0 aromatic carbocycles. The minimum Gasteiger partial charge on any atom is -0.301 e. The third-order valence-corrected chi connectivity index (χ3v) is 0.763. The van der Waals surface area contributed by atoms with Crippen molar-refractivity contribution < 1.29 is 20.4 Å². The fraction of sp³-hybridized carbons (Fsp3) is 0.167. The van der Waals surface area contributed by atoms with Crippen LogP contribution in [0.2, 0.25) is 0 Å². The van der Waals surface area contributed by atoms with Gasteiger partial charge >= 0.3 is 0 Å². The van der Waals surface area contributed by atoms with Crippen molar-refractivity contribution in [1.82, 2.24) is 4.98 Å². The van der Waals surface area contributed by atoms with E-state index >= 15 is 0 Å². The predicted octanol–water partition coefficient (Wildman–Crippen LogP) is 1.19. The van der Waals surface area contributed by atoms with Crippen LogP contribution in [0.5, 0.6) is 0 Å². The molecule has 0 fully saturated rings. The number of hydrogen-bond acceptors (Lipinski definition) is 1. The first-order valence-corrected chi connectivity index (χ1v) is 2.18. The van der Waals surface area contributed by atoms with Crippen molar-refractivity contribution >= 4 is 0 Å². The molecule has 0 saturated carbocycles. The molecule has 0 aliphatic carbocycles. The first-order valence-electron chi connectivity index (χ1n) is 2.18. The van der Waals surface area contributed by atoms with Crippen LogP contribution in [0.25, 0.3) is 0 Å². The second-order valence-electron chi connectivity index (χ2n) is 1.40. The molecular formula is C6H6NRe-. The van der Waals surface area contributed by atoms with Gasteiger partial charge in [-0.2, -0.15) is 6.07 Å². The van der Waals surface area contributed by atoms with Crippen molar-refractivity contribution in [2.75, 3.05) is 0 Å². The largest absolute Gasteiger partial charge is 0.301 e. The molecule has 1 aromatic rings. The molecule has 8 heavy (non-hydrogen) atoms. The van der Waals surface area contributed by atoms with Crippen LogP contribution in [0.3, 0.4) is 0 Å². The number of aryl methyl sites for hydroxylation is 1. The maximum Gasteiger partial charge on any atom is 0 e. The van der Waals surface area contributed by atoms with E-state index in [1.54, 1.807) is 6.20 Å². The molecule has 1 aromatic heterocycles. The van der Waals surface area contributed by atoms with Gasteiger partial charge in [-0.15, -0.1) is 0 Å². The molecule has 1 rings (SSSR count). The van der Waals surface area contributed by atoms with Crippen LogP contribution in [0.15, 0.2) is 18.3 Å². The van der Waals surface area contributed by atoms with Gasteiger partial charge in [-0.1, -0.05) is 6.20 Å². The predicted molar refractivity (Wildman–Crippen MR) is 27.8 cm³/mol. The molecule has 0 spiro atoms. The van der Waals surface area contributed by atoms with Crippen molar-refractivity contribution in [3.8, 4) is 0 Å². The maximum atomic E-state index is 3.92. The molecule has 0 amide bonds. The normalized spacial score (nSPS) is 7.62. The number of hydrogen-bond donors (Lipinski definition) is 0. The Bertz CT molecular complexity index is 138. The molecule has 43 valence electrons. The van der Waals surface area contributed by atoms with E-state index in [4.69, 9.17) is 0 Å². The van der Waals surface area contributed by atoms with Crippen LogP contribution in [0, 0.1) is 13.0 Å². The van der Waals surface area contributed by atoms with Gasteiger partial charge < -0.3 is 4.98 Å². The minimum absolute atomic E-state index is 0. The molecule has 1 heterocycles. The Morgan fingerprint density at radius 3 is 2.62 bits per heavy atom. The Balaban J connectivity index is 0.000000490. The third kappa shape index (κ3) is 2.21. The quantitative estimate of drug-likeness (QED) is 0.650. The average Bonchev–Trinajstić information content (AvgIpc) is 1.69. The summed E-state index contributed by atoms with van der Waals surface area (Å²) in [6.45, 7) is 1.95. The van der Waals surface area contributed by atoms with Crippen molar-refractivity contribution in [2.24, 2.45) is 0 Å². The zero-order valence-corrected chi connectivity index (χ0v) is 7.27. The van der Waals surface area contributed by atoms with Crippen molar-refractivity contribution in [2.45, 2.75) is 6.92 Å². The number of aromatic nitrogens is 1. The molecule has 0 aliphatic heterocycles. The van der Waals surface area contributed by atoms with Crippen molar-refractivity contribution in [3.63, 3.8) is 0 Å². The van der Waals surface area contributed by atoms with Gasteiger partial charge in [0.05, 0.1) is 0 Å². The maximum absolute atomic E-state index is 3.92. The molecule has 0 saturated heterocycles. The zero-order chi connectivity index (χ0) is 5.11. The minimum atomic E-state index is 0. The molecule has 1 radical (unpaired) electrons. The summed E-state index contributed by atoms with van der Waals surface area (Å²) in [5.74, 6) is 0. The van der Waals surface area contributed by atoms with Gasteiger partial charge in [-0.25, -0.2) is 12.1 Å². The Morgan fingerprint density at radius 2 is 2.38 bits per heavy atom.